The Balaban J connectivity index is 3.03. The molecule has 72 valence electrons. The topological polar surface area (TPSA) is 83.8 Å². The van der Waals surface area contributed by atoms with Crippen LogP contribution >= 0.6 is 0 Å². The summed E-state index contributed by atoms with van der Waals surface area (Å²) in [6.45, 7) is 0. The Morgan fingerprint density at radius 2 is 1.62 bits per heavy atom. The van der Waals surface area contributed by atoms with E-state index in [1.54, 1.807) is 0 Å². The van der Waals surface area contributed by atoms with Crippen molar-refractivity contribution in [2.24, 2.45) is 0 Å². The highest BCUT2D eigenvalue weighted by atomic mass is 32.2. The number of rotatable bonds is 2. The van der Waals surface area contributed by atoms with E-state index in [0.717, 1.165) is 24.5 Å². The molecule has 0 spiro atoms. The van der Waals surface area contributed by atoms with Crippen molar-refractivity contribution in [3.05, 3.63) is 18.2 Å². The Kier molecular flexibility index (Phi) is 2.33. The zero-order valence-corrected chi connectivity index (χ0v) is 7.58. The van der Waals surface area contributed by atoms with E-state index < -0.39 is 10.1 Å². The third-order valence-corrected chi connectivity index (χ3v) is 1.62. The van der Waals surface area contributed by atoms with Crippen LogP contribution in [0.25, 0.3) is 0 Å². The maximum atomic E-state index is 10.6. The Labute approximate surface area is 75.3 Å². The van der Waals surface area contributed by atoms with Crippen LogP contribution in [0.5, 0.6) is 17.2 Å². The molecule has 2 N–H and O–H groups in total. The molecule has 0 unspecified atom stereocenters. The van der Waals surface area contributed by atoms with E-state index in [2.05, 4.69) is 4.18 Å². The van der Waals surface area contributed by atoms with E-state index in [9.17, 15) is 8.42 Å². The van der Waals surface area contributed by atoms with Gasteiger partial charge in [-0.2, -0.15) is 8.42 Å². The zero-order valence-electron chi connectivity index (χ0n) is 6.76. The van der Waals surface area contributed by atoms with Crippen LogP contribution in [0.2, 0.25) is 0 Å². The summed E-state index contributed by atoms with van der Waals surface area (Å²) in [5, 5.41) is 17.9. The van der Waals surface area contributed by atoms with Crippen LogP contribution in [-0.4, -0.2) is 24.9 Å². The molecule has 6 heteroatoms. The van der Waals surface area contributed by atoms with Crippen molar-refractivity contribution in [2.45, 2.75) is 0 Å². The highest BCUT2D eigenvalue weighted by molar-refractivity contribution is 7.86. The van der Waals surface area contributed by atoms with E-state index in [-0.39, 0.29) is 17.2 Å². The Morgan fingerprint density at radius 1 is 1.15 bits per heavy atom. The van der Waals surface area contributed by atoms with Gasteiger partial charge in [-0.3, -0.25) is 0 Å². The van der Waals surface area contributed by atoms with Crippen LogP contribution in [0.15, 0.2) is 18.2 Å². The standard InChI is InChI=1S/C7H8O5S/c1-13(10,11)12-7-3-5(8)2-6(9)4-7/h2-4,8-9H,1H3. The predicted molar refractivity (Wildman–Crippen MR) is 45.2 cm³/mol. The van der Waals surface area contributed by atoms with Gasteiger partial charge in [-0.25, -0.2) is 0 Å². The van der Waals surface area contributed by atoms with Gasteiger partial charge in [-0.05, 0) is 0 Å². The molecule has 0 radical (unpaired) electrons. The number of hydrogen-bond donors (Lipinski definition) is 2. The first-order valence-electron chi connectivity index (χ1n) is 3.29. The van der Waals surface area contributed by atoms with Crippen LogP contribution in [0.4, 0.5) is 0 Å². The van der Waals surface area contributed by atoms with Crippen molar-refractivity contribution in [1.29, 1.82) is 0 Å². The van der Waals surface area contributed by atoms with Gasteiger partial charge in [0.15, 0.2) is 0 Å². The van der Waals surface area contributed by atoms with Gasteiger partial charge in [0.25, 0.3) is 0 Å². The number of phenolic OH excluding ortho intramolecular Hbond substituents is 2. The third kappa shape index (κ3) is 3.20. The van der Waals surface area contributed by atoms with E-state index in [1.807, 2.05) is 0 Å². The molecule has 1 rings (SSSR count). The highest BCUT2D eigenvalue weighted by Crippen LogP contribution is 2.26. The van der Waals surface area contributed by atoms with Gasteiger partial charge in [0.05, 0.1) is 6.26 Å². The Morgan fingerprint density at radius 3 is 2.00 bits per heavy atom. The van der Waals surface area contributed by atoms with Gasteiger partial charge < -0.3 is 14.4 Å². The first kappa shape index (κ1) is 9.66. The maximum Gasteiger partial charge on any atom is 0.306 e. The molecule has 1 aromatic carbocycles. The van der Waals surface area contributed by atoms with E-state index in [0.29, 0.717) is 0 Å². The number of benzene rings is 1. The average molecular weight is 204 g/mol. The zero-order chi connectivity index (χ0) is 10.1. The minimum atomic E-state index is -3.63. The summed E-state index contributed by atoms with van der Waals surface area (Å²) >= 11 is 0. The molecule has 1 aromatic rings. The first-order valence-corrected chi connectivity index (χ1v) is 5.11. The molecular weight excluding hydrogens is 196 g/mol. The van der Waals surface area contributed by atoms with Crippen molar-refractivity contribution < 1.29 is 22.8 Å². The molecule has 13 heavy (non-hydrogen) atoms. The van der Waals surface area contributed by atoms with Crippen molar-refractivity contribution >= 4 is 10.1 Å². The molecule has 0 aliphatic rings. The molecule has 0 heterocycles. The molecule has 0 bridgehead atoms. The summed E-state index contributed by atoms with van der Waals surface area (Å²) in [7, 11) is -3.63. The third-order valence-electron chi connectivity index (χ3n) is 1.12. The number of phenols is 2. The fraction of sp³-hybridized carbons (Fsp3) is 0.143. The summed E-state index contributed by atoms with van der Waals surface area (Å²) in [6, 6.07) is 3.23. The van der Waals surface area contributed by atoms with Crippen LogP contribution in [-0.2, 0) is 10.1 Å². The van der Waals surface area contributed by atoms with E-state index in [1.165, 1.54) is 0 Å². The second-order valence-electron chi connectivity index (χ2n) is 2.47. The molecule has 0 aliphatic heterocycles. The van der Waals surface area contributed by atoms with Crippen molar-refractivity contribution in [2.75, 3.05) is 6.26 Å². The number of aromatic hydroxyl groups is 2. The normalized spacial score (nSPS) is 11.2. The monoisotopic (exact) mass is 204 g/mol. The van der Waals surface area contributed by atoms with Crippen LogP contribution in [0.1, 0.15) is 0 Å². The first-order chi connectivity index (χ1) is 5.87. The fourth-order valence-corrected chi connectivity index (χ4v) is 1.24. The number of hydrogen-bond acceptors (Lipinski definition) is 5. The van der Waals surface area contributed by atoms with E-state index >= 15 is 0 Å². The molecule has 0 fully saturated rings. The lowest BCUT2D eigenvalue weighted by Gasteiger charge is -2.03. The molecule has 0 atom stereocenters. The summed E-state index contributed by atoms with van der Waals surface area (Å²) < 4.78 is 25.7. The quantitative estimate of drug-likeness (QED) is 0.683. The van der Waals surface area contributed by atoms with Crippen LogP contribution in [0.3, 0.4) is 0 Å². The average Bonchev–Trinajstić information content (AvgIpc) is 1.78. The van der Waals surface area contributed by atoms with Gasteiger partial charge in [0, 0.05) is 18.2 Å². The fourth-order valence-electron chi connectivity index (χ4n) is 0.791. The van der Waals surface area contributed by atoms with Crippen LogP contribution in [0, 0.1) is 0 Å². The van der Waals surface area contributed by atoms with Crippen molar-refractivity contribution in [3.8, 4) is 17.2 Å². The second kappa shape index (κ2) is 3.14. The molecular formula is C7H8O5S. The van der Waals surface area contributed by atoms with Crippen molar-refractivity contribution in [1.82, 2.24) is 0 Å². The highest BCUT2D eigenvalue weighted by Gasteiger charge is 2.06. The lowest BCUT2D eigenvalue weighted by Crippen LogP contribution is -2.05. The minimum absolute atomic E-state index is 0.125. The smallest absolute Gasteiger partial charge is 0.306 e. The van der Waals surface area contributed by atoms with Gasteiger partial charge in [0.2, 0.25) is 0 Å². The Hall–Kier alpha value is -1.43. The lowest BCUT2D eigenvalue weighted by atomic mass is 10.3. The van der Waals surface area contributed by atoms with Crippen molar-refractivity contribution in [3.63, 3.8) is 0 Å². The molecule has 0 amide bonds. The second-order valence-corrected chi connectivity index (χ2v) is 4.05. The molecule has 0 saturated carbocycles. The largest absolute Gasteiger partial charge is 0.508 e. The van der Waals surface area contributed by atoms with Crippen LogP contribution < -0.4 is 4.18 Å². The van der Waals surface area contributed by atoms with E-state index in [4.69, 9.17) is 10.2 Å². The van der Waals surface area contributed by atoms with Gasteiger partial charge in [-0.15, -0.1) is 0 Å². The molecule has 0 saturated heterocycles. The summed E-state index contributed by atoms with van der Waals surface area (Å²) in [5.41, 5.74) is 0. The van der Waals surface area contributed by atoms with Gasteiger partial charge in [-0.1, -0.05) is 0 Å². The summed E-state index contributed by atoms with van der Waals surface area (Å²) in [4.78, 5) is 0. The summed E-state index contributed by atoms with van der Waals surface area (Å²) in [6.07, 6.45) is 0.869. The van der Waals surface area contributed by atoms with Gasteiger partial charge in [0.1, 0.15) is 17.2 Å². The minimum Gasteiger partial charge on any atom is -0.508 e. The Bertz CT molecular complexity index is 389. The lowest BCUT2D eigenvalue weighted by molar-refractivity contribution is 0.441. The summed E-state index contributed by atoms with van der Waals surface area (Å²) in [5.74, 6) is -0.655. The SMILES string of the molecule is CS(=O)(=O)Oc1cc(O)cc(O)c1. The predicted octanol–water partition coefficient (Wildman–Crippen LogP) is 0.436. The maximum absolute atomic E-state index is 10.6. The van der Waals surface area contributed by atoms with Gasteiger partial charge >= 0.3 is 10.1 Å². The molecule has 5 nitrogen and oxygen atoms in total. The molecule has 0 aromatic heterocycles. The molecule has 0 aliphatic carbocycles.